The molecule has 1 aliphatic heterocycles. The summed E-state index contributed by atoms with van der Waals surface area (Å²) in [7, 11) is -3.49. The first-order valence-electron chi connectivity index (χ1n) is 9.36. The predicted molar refractivity (Wildman–Crippen MR) is 119 cm³/mol. The number of amides is 1. The number of likely N-dealkylation sites (tertiary alicyclic amines) is 1. The molecule has 0 radical (unpaired) electrons. The normalized spacial score (nSPS) is 14.5. The van der Waals surface area contributed by atoms with Crippen molar-refractivity contribution in [1.82, 2.24) is 4.90 Å². The second-order valence-electron chi connectivity index (χ2n) is 7.23. The van der Waals surface area contributed by atoms with Crippen LogP contribution in [0.15, 0.2) is 48.5 Å². The van der Waals surface area contributed by atoms with E-state index in [9.17, 15) is 13.2 Å². The first-order chi connectivity index (χ1) is 13.8. The number of hydrogen-bond donors (Lipinski definition) is 0. The number of hydrogen-bond acceptors (Lipinski definition) is 4. The Balaban J connectivity index is 1.66. The average molecular weight is 449 g/mol. The number of sulfonamides is 1. The van der Waals surface area contributed by atoms with E-state index >= 15 is 0 Å². The number of thiophene rings is 1. The summed E-state index contributed by atoms with van der Waals surface area (Å²) in [6.45, 7) is 1.83. The smallest absolute Gasteiger partial charge is 0.263 e. The van der Waals surface area contributed by atoms with Gasteiger partial charge in [0.2, 0.25) is 10.0 Å². The van der Waals surface area contributed by atoms with E-state index in [0.717, 1.165) is 41.6 Å². The number of fused-ring (bicyclic) bond motifs is 1. The van der Waals surface area contributed by atoms with Crippen LogP contribution in [-0.4, -0.2) is 38.6 Å². The van der Waals surface area contributed by atoms with Crippen molar-refractivity contribution in [2.24, 2.45) is 0 Å². The predicted octanol–water partition coefficient (Wildman–Crippen LogP) is 4.76. The van der Waals surface area contributed by atoms with Crippen molar-refractivity contribution in [3.05, 3.63) is 64.0 Å². The molecule has 1 aromatic heterocycles. The summed E-state index contributed by atoms with van der Waals surface area (Å²) in [6, 6.07) is 14.5. The first kappa shape index (κ1) is 20.2. The van der Waals surface area contributed by atoms with Gasteiger partial charge < -0.3 is 4.90 Å². The van der Waals surface area contributed by atoms with Gasteiger partial charge in [-0.3, -0.25) is 9.10 Å². The van der Waals surface area contributed by atoms with Crippen LogP contribution >= 0.6 is 22.9 Å². The highest BCUT2D eigenvalue weighted by Crippen LogP contribution is 2.32. The average Bonchev–Trinajstić information content (AvgIpc) is 3.35. The summed E-state index contributed by atoms with van der Waals surface area (Å²) >= 11 is 7.39. The maximum atomic E-state index is 12.7. The monoisotopic (exact) mass is 448 g/mol. The third-order valence-electron chi connectivity index (χ3n) is 5.03. The number of benzene rings is 2. The van der Waals surface area contributed by atoms with Crippen molar-refractivity contribution >= 4 is 54.6 Å². The summed E-state index contributed by atoms with van der Waals surface area (Å²) in [6.07, 6.45) is 3.30. The molecule has 29 heavy (non-hydrogen) atoms. The van der Waals surface area contributed by atoms with Gasteiger partial charge in [0.15, 0.2) is 0 Å². The molecule has 0 bridgehead atoms. The Morgan fingerprint density at radius 1 is 1.10 bits per heavy atom. The molecule has 0 aliphatic carbocycles. The molecule has 8 heteroatoms. The van der Waals surface area contributed by atoms with Crippen LogP contribution in [0, 0.1) is 0 Å². The van der Waals surface area contributed by atoms with E-state index in [1.807, 2.05) is 35.2 Å². The van der Waals surface area contributed by atoms with Gasteiger partial charge in [-0.05, 0) is 60.2 Å². The Hall–Kier alpha value is -2.09. The fourth-order valence-electron chi connectivity index (χ4n) is 3.52. The van der Waals surface area contributed by atoms with Gasteiger partial charge in [0, 0.05) is 22.8 Å². The fraction of sp³-hybridized carbons (Fsp3) is 0.286. The Kier molecular flexibility index (Phi) is 5.55. The van der Waals surface area contributed by atoms with Crippen LogP contribution in [0.3, 0.4) is 0 Å². The standard InChI is InChI=1S/C21H21ClN2O3S2/c1-29(26,27)24(14-15-4-6-17(22)7-5-15)18-8-9-19-16(12-18)13-20(28-19)21(25)23-10-2-3-11-23/h4-9,12-13H,2-3,10-11,14H2,1H3. The number of anilines is 1. The van der Waals surface area contributed by atoms with Gasteiger partial charge in [0.05, 0.1) is 23.4 Å². The lowest BCUT2D eigenvalue weighted by Gasteiger charge is -2.22. The largest absolute Gasteiger partial charge is 0.338 e. The van der Waals surface area contributed by atoms with Crippen molar-refractivity contribution in [1.29, 1.82) is 0 Å². The first-order valence-corrected chi connectivity index (χ1v) is 12.4. The highest BCUT2D eigenvalue weighted by atomic mass is 35.5. The van der Waals surface area contributed by atoms with Crippen molar-refractivity contribution in [3.63, 3.8) is 0 Å². The van der Waals surface area contributed by atoms with Crippen LogP contribution in [0.2, 0.25) is 5.02 Å². The molecule has 2 heterocycles. The van der Waals surface area contributed by atoms with Crippen molar-refractivity contribution in [2.75, 3.05) is 23.7 Å². The number of carbonyl (C=O) groups excluding carboxylic acids is 1. The molecule has 0 unspecified atom stereocenters. The number of halogens is 1. The highest BCUT2D eigenvalue weighted by Gasteiger charge is 2.22. The summed E-state index contributed by atoms with van der Waals surface area (Å²) in [5.41, 5.74) is 1.42. The summed E-state index contributed by atoms with van der Waals surface area (Å²) in [5, 5.41) is 1.48. The molecule has 0 atom stereocenters. The second-order valence-corrected chi connectivity index (χ2v) is 10.7. The molecule has 0 spiro atoms. The lowest BCUT2D eigenvalue weighted by molar-refractivity contribution is 0.0797. The van der Waals surface area contributed by atoms with Crippen LogP contribution < -0.4 is 4.31 Å². The minimum Gasteiger partial charge on any atom is -0.338 e. The zero-order valence-corrected chi connectivity index (χ0v) is 18.4. The minimum absolute atomic E-state index is 0.0615. The van der Waals surface area contributed by atoms with Crippen molar-refractivity contribution in [3.8, 4) is 0 Å². The minimum atomic E-state index is -3.49. The van der Waals surface area contributed by atoms with E-state index in [1.54, 1.807) is 18.2 Å². The lowest BCUT2D eigenvalue weighted by Crippen LogP contribution is -2.29. The third kappa shape index (κ3) is 4.42. The topological polar surface area (TPSA) is 57.7 Å². The summed E-state index contributed by atoms with van der Waals surface area (Å²) < 4.78 is 27.3. The van der Waals surface area contributed by atoms with Gasteiger partial charge >= 0.3 is 0 Å². The van der Waals surface area contributed by atoms with Gasteiger partial charge in [-0.25, -0.2) is 8.42 Å². The molecule has 0 saturated carbocycles. The van der Waals surface area contributed by atoms with Crippen LogP contribution in [0.4, 0.5) is 5.69 Å². The molecule has 0 N–H and O–H groups in total. The van der Waals surface area contributed by atoms with Crippen LogP contribution in [0.5, 0.6) is 0 Å². The summed E-state index contributed by atoms with van der Waals surface area (Å²) in [4.78, 5) is 15.3. The molecule has 4 rings (SSSR count). The van der Waals surface area contributed by atoms with Gasteiger partial charge in [0.1, 0.15) is 0 Å². The molecule has 1 aliphatic rings. The van der Waals surface area contributed by atoms with Gasteiger partial charge in [-0.2, -0.15) is 0 Å². The molecule has 1 fully saturated rings. The molecule has 5 nitrogen and oxygen atoms in total. The van der Waals surface area contributed by atoms with E-state index < -0.39 is 10.0 Å². The zero-order valence-electron chi connectivity index (χ0n) is 16.0. The SMILES string of the molecule is CS(=O)(=O)N(Cc1ccc(Cl)cc1)c1ccc2sc(C(=O)N3CCCC3)cc2c1. The molecule has 1 saturated heterocycles. The summed E-state index contributed by atoms with van der Waals surface area (Å²) in [5.74, 6) is 0.0615. The number of carbonyl (C=O) groups is 1. The van der Waals surface area contributed by atoms with Crippen molar-refractivity contribution < 1.29 is 13.2 Å². The molecule has 1 amide bonds. The Morgan fingerprint density at radius 3 is 2.45 bits per heavy atom. The van der Waals surface area contributed by atoms with E-state index in [2.05, 4.69) is 0 Å². The van der Waals surface area contributed by atoms with E-state index in [0.29, 0.717) is 15.6 Å². The van der Waals surface area contributed by atoms with Crippen LogP contribution in [0.25, 0.3) is 10.1 Å². The maximum absolute atomic E-state index is 12.7. The molecular weight excluding hydrogens is 428 g/mol. The fourth-order valence-corrected chi connectivity index (χ4v) is 5.54. The Labute approximate surface area is 179 Å². The number of nitrogens with zero attached hydrogens (tertiary/aromatic N) is 2. The lowest BCUT2D eigenvalue weighted by atomic mass is 10.2. The van der Waals surface area contributed by atoms with Crippen LogP contribution in [0.1, 0.15) is 28.1 Å². The Morgan fingerprint density at radius 2 is 1.79 bits per heavy atom. The molecular formula is C21H21ClN2O3S2. The molecule has 2 aromatic carbocycles. The highest BCUT2D eigenvalue weighted by molar-refractivity contribution is 7.92. The molecule has 3 aromatic rings. The van der Waals surface area contributed by atoms with Crippen molar-refractivity contribution in [2.45, 2.75) is 19.4 Å². The van der Waals surface area contributed by atoms with E-state index in [4.69, 9.17) is 11.6 Å². The quantitative estimate of drug-likeness (QED) is 0.565. The maximum Gasteiger partial charge on any atom is 0.263 e. The van der Waals surface area contributed by atoms with Crippen LogP contribution in [-0.2, 0) is 16.6 Å². The second kappa shape index (κ2) is 7.97. The third-order valence-corrected chi connectivity index (χ3v) is 7.53. The number of rotatable bonds is 5. The zero-order chi connectivity index (χ0) is 20.6. The Bertz CT molecular complexity index is 1150. The van der Waals surface area contributed by atoms with Gasteiger partial charge in [-0.15, -0.1) is 11.3 Å². The van der Waals surface area contributed by atoms with Gasteiger partial charge in [0.25, 0.3) is 5.91 Å². The molecule has 152 valence electrons. The van der Waals surface area contributed by atoms with Gasteiger partial charge in [-0.1, -0.05) is 23.7 Å². The van der Waals surface area contributed by atoms with E-state index in [1.165, 1.54) is 21.9 Å². The van der Waals surface area contributed by atoms with E-state index in [-0.39, 0.29) is 12.5 Å².